The number of carbonyl (C=O) groups is 1. The largest absolute Gasteiger partial charge is 0.454 e. The van der Waals surface area contributed by atoms with Crippen molar-refractivity contribution in [2.45, 2.75) is 61.0 Å². The second-order valence-electron chi connectivity index (χ2n) is 13.4. The second-order valence-corrected chi connectivity index (χ2v) is 16.9. The number of hydrogen-bond donors (Lipinski definition) is 2. The predicted molar refractivity (Wildman–Crippen MR) is 184 cm³/mol. The van der Waals surface area contributed by atoms with Gasteiger partial charge >= 0.3 is 16.2 Å². The lowest BCUT2D eigenvalue weighted by molar-refractivity contribution is -0.0907. The Morgan fingerprint density at radius 3 is 2.19 bits per heavy atom. The summed E-state index contributed by atoms with van der Waals surface area (Å²) in [6, 6.07) is 13.4. The van der Waals surface area contributed by atoms with E-state index in [0.29, 0.717) is 35.8 Å². The first kappa shape index (κ1) is 37.0. The highest BCUT2D eigenvalue weighted by molar-refractivity contribution is 7.89. The van der Waals surface area contributed by atoms with Crippen molar-refractivity contribution in [3.05, 3.63) is 66.2 Å². The average Bonchev–Trinajstić information content (AvgIpc) is 3.94. The number of alkyl carbamates (subject to hydrolysis) is 1. The number of aliphatic hydroxyl groups is 1. The van der Waals surface area contributed by atoms with Gasteiger partial charge in [0.1, 0.15) is 16.7 Å². The quantitative estimate of drug-likeness (QED) is 0.227. The number of fused-ring (bicyclic) bond motifs is 3. The van der Waals surface area contributed by atoms with Crippen LogP contribution in [0.15, 0.2) is 70.5 Å². The van der Waals surface area contributed by atoms with E-state index < -0.39 is 50.8 Å². The van der Waals surface area contributed by atoms with Gasteiger partial charge in [0.15, 0.2) is 29.3 Å². The van der Waals surface area contributed by atoms with E-state index in [1.165, 1.54) is 52.8 Å². The number of ether oxygens (including phenoxy) is 7. The van der Waals surface area contributed by atoms with Gasteiger partial charge < -0.3 is 47.8 Å². The zero-order chi connectivity index (χ0) is 37.3. The van der Waals surface area contributed by atoms with E-state index in [-0.39, 0.29) is 72.8 Å². The molecular weight excluding hydrogens is 737 g/mol. The summed E-state index contributed by atoms with van der Waals surface area (Å²) >= 11 is 0. The normalized spacial score (nSPS) is 21.4. The average molecular weight is 777 g/mol. The summed E-state index contributed by atoms with van der Waals surface area (Å²) in [7, 11) is -8.38. The number of hydrogen-bond acceptors (Lipinski definition) is 14. The molecule has 1 amide bonds. The molecule has 4 heterocycles. The molecule has 0 aliphatic carbocycles. The number of benzene rings is 3. The predicted octanol–water partition coefficient (Wildman–Crippen LogP) is 3.02. The van der Waals surface area contributed by atoms with Gasteiger partial charge in [0.25, 0.3) is 0 Å². The van der Waals surface area contributed by atoms with Crippen LogP contribution in [0.25, 0.3) is 0 Å². The van der Waals surface area contributed by atoms with Crippen molar-refractivity contribution in [3.8, 4) is 28.7 Å². The molecule has 0 aromatic heterocycles. The molecule has 2 N–H and O–H groups in total. The lowest BCUT2D eigenvalue weighted by atomic mass is 10.0. The van der Waals surface area contributed by atoms with Crippen LogP contribution >= 0.6 is 0 Å². The molecular formula is C35H40N2O14S2. The molecule has 5 atom stereocenters. The molecule has 286 valence electrons. The van der Waals surface area contributed by atoms with Gasteiger partial charge in [-0.2, -0.15) is 12.7 Å². The zero-order valence-electron chi connectivity index (χ0n) is 28.9. The molecule has 2 fully saturated rings. The molecule has 16 nitrogen and oxygen atoms in total. The number of sulfonamides is 1. The molecule has 53 heavy (non-hydrogen) atoms. The van der Waals surface area contributed by atoms with Crippen molar-refractivity contribution < 1.29 is 64.1 Å². The molecule has 18 heteroatoms. The maximum atomic E-state index is 14.0. The molecule has 0 radical (unpaired) electrons. The summed E-state index contributed by atoms with van der Waals surface area (Å²) in [5.74, 6) is 1.20. The van der Waals surface area contributed by atoms with E-state index in [1.54, 1.807) is 12.1 Å². The molecule has 4 aliphatic rings. The summed E-state index contributed by atoms with van der Waals surface area (Å²) < 4.78 is 98.5. The van der Waals surface area contributed by atoms with Gasteiger partial charge in [-0.15, -0.1) is 0 Å². The Kier molecular flexibility index (Phi) is 10.6. The first-order valence-electron chi connectivity index (χ1n) is 17.1. The fourth-order valence-electron chi connectivity index (χ4n) is 6.50. The zero-order valence-corrected chi connectivity index (χ0v) is 30.5. The van der Waals surface area contributed by atoms with Gasteiger partial charge in [-0.05, 0) is 60.7 Å². The topological polar surface area (TPSA) is 195 Å². The SMILES string of the molecule is CC(C)CN(CC(O)C(Cc1ccc(OS(=O)(=O)c2ccc3c(c2)OCO3)cc1)NC(=O)OC1COC2OCCC12)S(=O)(=O)c1ccc2c(c1)OCO2. The van der Waals surface area contributed by atoms with E-state index >= 15 is 0 Å². The summed E-state index contributed by atoms with van der Waals surface area (Å²) in [6.07, 6.45) is -2.58. The van der Waals surface area contributed by atoms with Crippen molar-refractivity contribution in [1.29, 1.82) is 0 Å². The van der Waals surface area contributed by atoms with Crippen molar-refractivity contribution in [2.24, 2.45) is 11.8 Å². The maximum absolute atomic E-state index is 14.0. The highest BCUT2D eigenvalue weighted by Crippen LogP contribution is 2.36. The van der Waals surface area contributed by atoms with Gasteiger partial charge in [0, 0.05) is 25.2 Å². The van der Waals surface area contributed by atoms with Crippen molar-refractivity contribution >= 4 is 26.2 Å². The van der Waals surface area contributed by atoms with Crippen LogP contribution < -0.4 is 28.4 Å². The van der Waals surface area contributed by atoms with Crippen LogP contribution in [0, 0.1) is 11.8 Å². The standard InChI is InChI=1S/C35H40N2O14S2/c1-21(2)16-37(52(40,41)24-7-9-29-31(14-24)48-19-46-29)17-28(38)27(36-35(39)50-33-18-45-34-26(33)11-12-44-34)13-22-3-5-23(6-4-22)51-53(42,43)25-8-10-30-32(15-25)49-20-47-30/h3-10,14-15,21,26-28,33-34,38H,11-13,16-20H2,1-2H3,(H,36,39). The number of amides is 1. The third-order valence-corrected chi connectivity index (χ3v) is 12.2. The Morgan fingerprint density at radius 2 is 1.51 bits per heavy atom. The minimum atomic E-state index is -4.23. The molecule has 0 saturated carbocycles. The molecule has 3 aromatic rings. The number of nitrogens with zero attached hydrogens (tertiary/aromatic N) is 1. The molecule has 2 saturated heterocycles. The van der Waals surface area contributed by atoms with Crippen molar-refractivity contribution in [1.82, 2.24) is 9.62 Å². The van der Waals surface area contributed by atoms with E-state index in [2.05, 4.69) is 5.32 Å². The third-order valence-electron chi connectivity index (χ3n) is 9.17. The molecule has 4 aliphatic heterocycles. The molecule has 5 unspecified atom stereocenters. The fourth-order valence-corrected chi connectivity index (χ4v) is 9.08. The van der Waals surface area contributed by atoms with Gasteiger partial charge in [0.2, 0.25) is 23.6 Å². The van der Waals surface area contributed by atoms with E-state index in [1.807, 2.05) is 13.8 Å². The smallest absolute Gasteiger partial charge is 0.407 e. The maximum Gasteiger partial charge on any atom is 0.407 e. The van der Waals surface area contributed by atoms with Crippen LogP contribution in [-0.2, 0) is 40.8 Å². The lowest BCUT2D eigenvalue weighted by Crippen LogP contribution is -2.51. The summed E-state index contributed by atoms with van der Waals surface area (Å²) in [6.45, 7) is 3.99. The molecule has 3 aromatic carbocycles. The molecule has 0 spiro atoms. The van der Waals surface area contributed by atoms with E-state index in [9.17, 15) is 26.7 Å². The monoisotopic (exact) mass is 776 g/mol. The van der Waals surface area contributed by atoms with Gasteiger partial charge in [-0.3, -0.25) is 0 Å². The Hall–Kier alpha value is -4.33. The number of aliphatic hydroxyl groups excluding tert-OH is 1. The summed E-state index contributed by atoms with van der Waals surface area (Å²) in [5.41, 5.74) is 0.574. The third kappa shape index (κ3) is 8.27. The van der Waals surface area contributed by atoms with Crippen LogP contribution in [0.3, 0.4) is 0 Å². The minimum absolute atomic E-state index is 0.0141. The Bertz CT molecular complexity index is 2030. The molecule has 0 bridgehead atoms. The first-order chi connectivity index (χ1) is 25.4. The first-order valence-corrected chi connectivity index (χ1v) is 19.9. The highest BCUT2D eigenvalue weighted by Gasteiger charge is 2.44. The van der Waals surface area contributed by atoms with Crippen LogP contribution in [0.5, 0.6) is 28.7 Å². The van der Waals surface area contributed by atoms with Gasteiger partial charge in [0.05, 0.1) is 36.2 Å². The van der Waals surface area contributed by atoms with Crippen LogP contribution in [0.1, 0.15) is 25.8 Å². The Balaban J connectivity index is 1.09. The summed E-state index contributed by atoms with van der Waals surface area (Å²) in [4.78, 5) is 13.1. The Morgan fingerprint density at radius 1 is 0.868 bits per heavy atom. The van der Waals surface area contributed by atoms with Crippen molar-refractivity contribution in [2.75, 3.05) is 39.9 Å². The van der Waals surface area contributed by atoms with Crippen LogP contribution in [-0.4, -0.2) is 96.8 Å². The minimum Gasteiger partial charge on any atom is -0.454 e. The number of carbonyl (C=O) groups excluding carboxylic acids is 1. The Labute approximate surface area is 306 Å². The number of rotatable bonds is 14. The van der Waals surface area contributed by atoms with Crippen molar-refractivity contribution in [3.63, 3.8) is 0 Å². The fraction of sp³-hybridized carbons (Fsp3) is 0.457. The van der Waals surface area contributed by atoms with Gasteiger partial charge in [-0.25, -0.2) is 13.2 Å². The van der Waals surface area contributed by atoms with Crippen LogP contribution in [0.2, 0.25) is 0 Å². The van der Waals surface area contributed by atoms with E-state index in [4.69, 9.17) is 37.3 Å². The summed E-state index contributed by atoms with van der Waals surface area (Å²) in [5, 5.41) is 14.4. The van der Waals surface area contributed by atoms with Gasteiger partial charge in [-0.1, -0.05) is 26.0 Å². The molecule has 7 rings (SSSR count). The lowest BCUT2D eigenvalue weighted by Gasteiger charge is -2.31. The second kappa shape index (κ2) is 15.2. The van der Waals surface area contributed by atoms with Crippen LogP contribution in [0.4, 0.5) is 4.79 Å². The highest BCUT2D eigenvalue weighted by atomic mass is 32.2. The number of nitrogens with one attached hydrogen (secondary N) is 1. The van der Waals surface area contributed by atoms with E-state index in [0.717, 1.165) is 0 Å².